The summed E-state index contributed by atoms with van der Waals surface area (Å²) in [6.07, 6.45) is -0.124. The van der Waals surface area contributed by atoms with E-state index in [0.717, 1.165) is 17.5 Å². The predicted octanol–water partition coefficient (Wildman–Crippen LogP) is 4.55. The summed E-state index contributed by atoms with van der Waals surface area (Å²) in [5, 5.41) is 7.12. The van der Waals surface area contributed by atoms with E-state index in [-0.39, 0.29) is 12.1 Å². The third-order valence-electron chi connectivity index (χ3n) is 3.77. The number of rotatable bonds is 4. The molecule has 4 rings (SSSR count). The van der Waals surface area contributed by atoms with Crippen molar-refractivity contribution in [2.24, 2.45) is 0 Å². The van der Waals surface area contributed by atoms with Gasteiger partial charge >= 0.3 is 0 Å². The molecule has 5 nitrogen and oxygen atoms in total. The minimum absolute atomic E-state index is 0.0996. The molecule has 0 spiro atoms. The van der Waals surface area contributed by atoms with Crippen LogP contribution in [-0.4, -0.2) is 11.1 Å². The number of carbonyl (C=O) groups is 1. The van der Waals surface area contributed by atoms with E-state index in [2.05, 4.69) is 10.5 Å². The highest BCUT2D eigenvalue weighted by molar-refractivity contribution is 5.92. The van der Waals surface area contributed by atoms with E-state index in [4.69, 9.17) is 8.94 Å². The molecule has 7 heteroatoms. The maximum Gasteiger partial charge on any atom is 0.230 e. The molecule has 0 atom stereocenters. The van der Waals surface area contributed by atoms with Crippen molar-refractivity contribution in [1.82, 2.24) is 5.16 Å². The average Bonchev–Trinajstić information content (AvgIpc) is 3.23. The number of para-hydroxylation sites is 1. The van der Waals surface area contributed by atoms with Gasteiger partial charge in [-0.1, -0.05) is 23.4 Å². The molecule has 0 saturated heterocycles. The Balaban J connectivity index is 1.48. The van der Waals surface area contributed by atoms with Crippen molar-refractivity contribution in [3.05, 3.63) is 71.9 Å². The molecular formula is C19H12F2N2O3. The zero-order valence-corrected chi connectivity index (χ0v) is 13.3. The number of furan rings is 1. The van der Waals surface area contributed by atoms with Crippen molar-refractivity contribution in [3.63, 3.8) is 0 Å². The summed E-state index contributed by atoms with van der Waals surface area (Å²) in [7, 11) is 0. The molecule has 0 unspecified atom stereocenters. The third-order valence-corrected chi connectivity index (χ3v) is 3.77. The van der Waals surface area contributed by atoms with Gasteiger partial charge in [-0.15, -0.1) is 0 Å². The lowest BCUT2D eigenvalue weighted by molar-refractivity contribution is -0.115. The number of aromatic nitrogens is 1. The molecule has 26 heavy (non-hydrogen) atoms. The van der Waals surface area contributed by atoms with Gasteiger partial charge in [0.1, 0.15) is 17.2 Å². The molecule has 0 aliphatic heterocycles. The van der Waals surface area contributed by atoms with Gasteiger partial charge in [0.05, 0.1) is 17.8 Å². The van der Waals surface area contributed by atoms with Crippen LogP contribution in [0.3, 0.4) is 0 Å². The normalized spacial score (nSPS) is 11.0. The van der Waals surface area contributed by atoms with Crippen LogP contribution >= 0.6 is 0 Å². The second-order valence-electron chi connectivity index (χ2n) is 5.68. The monoisotopic (exact) mass is 354 g/mol. The first-order valence-electron chi connectivity index (χ1n) is 7.78. The van der Waals surface area contributed by atoms with Crippen molar-refractivity contribution < 1.29 is 22.5 Å². The van der Waals surface area contributed by atoms with Gasteiger partial charge in [-0.25, -0.2) is 8.78 Å². The smallest absolute Gasteiger partial charge is 0.230 e. The quantitative estimate of drug-likeness (QED) is 0.584. The van der Waals surface area contributed by atoms with E-state index in [9.17, 15) is 13.6 Å². The Morgan fingerprint density at radius 2 is 1.88 bits per heavy atom. The Morgan fingerprint density at radius 1 is 1.04 bits per heavy atom. The summed E-state index contributed by atoms with van der Waals surface area (Å²) in [4.78, 5) is 12.0. The zero-order valence-electron chi connectivity index (χ0n) is 13.3. The molecule has 2 heterocycles. The minimum Gasteiger partial charge on any atom is -0.453 e. The van der Waals surface area contributed by atoms with Gasteiger partial charge in [0, 0.05) is 17.5 Å². The number of carbonyl (C=O) groups excluding carboxylic acids is 1. The van der Waals surface area contributed by atoms with E-state index in [1.54, 1.807) is 6.07 Å². The summed E-state index contributed by atoms with van der Waals surface area (Å²) in [5.41, 5.74) is 0.975. The van der Waals surface area contributed by atoms with Crippen LogP contribution in [0.2, 0.25) is 0 Å². The average molecular weight is 354 g/mol. The van der Waals surface area contributed by atoms with Gasteiger partial charge in [0.2, 0.25) is 11.7 Å². The highest BCUT2D eigenvalue weighted by Gasteiger charge is 2.15. The largest absolute Gasteiger partial charge is 0.453 e. The van der Waals surface area contributed by atoms with Crippen molar-refractivity contribution in [2.45, 2.75) is 6.42 Å². The lowest BCUT2D eigenvalue weighted by Crippen LogP contribution is -2.15. The molecule has 0 radical (unpaired) electrons. The van der Waals surface area contributed by atoms with Gasteiger partial charge in [0.25, 0.3) is 0 Å². The van der Waals surface area contributed by atoms with Gasteiger partial charge in [-0.2, -0.15) is 0 Å². The lowest BCUT2D eigenvalue weighted by Gasteiger charge is -2.04. The summed E-state index contributed by atoms with van der Waals surface area (Å²) in [6, 6.07) is 13.8. The number of nitrogens with one attached hydrogen (secondary N) is 1. The summed E-state index contributed by atoms with van der Waals surface area (Å²) in [5.74, 6) is -1.18. The van der Waals surface area contributed by atoms with E-state index < -0.39 is 17.5 Å². The first-order valence-corrected chi connectivity index (χ1v) is 7.78. The van der Waals surface area contributed by atoms with Crippen LogP contribution < -0.4 is 5.32 Å². The molecule has 1 N–H and O–H groups in total. The predicted molar refractivity (Wildman–Crippen MR) is 90.4 cm³/mol. The van der Waals surface area contributed by atoms with Crippen molar-refractivity contribution in [3.8, 4) is 11.5 Å². The third kappa shape index (κ3) is 3.19. The lowest BCUT2D eigenvalue weighted by atomic mass is 10.2. The first-order chi connectivity index (χ1) is 12.6. The Bertz CT molecular complexity index is 1070. The fourth-order valence-corrected chi connectivity index (χ4v) is 2.56. The maximum atomic E-state index is 13.6. The minimum atomic E-state index is -0.846. The molecule has 0 fully saturated rings. The fourth-order valence-electron chi connectivity index (χ4n) is 2.56. The van der Waals surface area contributed by atoms with Crippen LogP contribution in [0.5, 0.6) is 0 Å². The van der Waals surface area contributed by atoms with Crippen LogP contribution in [-0.2, 0) is 11.2 Å². The number of anilines is 1. The van der Waals surface area contributed by atoms with Gasteiger partial charge in [0.15, 0.2) is 5.76 Å². The molecule has 4 aromatic rings. The SMILES string of the molecule is O=C(Cc1cc(-c2cc3ccccc3o2)on1)Nc1ccc(F)cc1F. The van der Waals surface area contributed by atoms with E-state index in [0.29, 0.717) is 28.9 Å². The Labute approximate surface area is 146 Å². The molecule has 0 saturated carbocycles. The van der Waals surface area contributed by atoms with Crippen molar-refractivity contribution in [1.29, 1.82) is 0 Å². The fraction of sp³-hybridized carbons (Fsp3) is 0.0526. The molecule has 2 aromatic heterocycles. The number of amides is 1. The van der Waals surface area contributed by atoms with Crippen LogP contribution in [0.25, 0.3) is 22.5 Å². The molecule has 0 aliphatic rings. The highest BCUT2D eigenvalue weighted by Crippen LogP contribution is 2.28. The van der Waals surface area contributed by atoms with Crippen molar-refractivity contribution in [2.75, 3.05) is 5.32 Å². The topological polar surface area (TPSA) is 68.3 Å². The summed E-state index contributed by atoms with van der Waals surface area (Å²) in [6.45, 7) is 0. The molecule has 0 aliphatic carbocycles. The van der Waals surface area contributed by atoms with E-state index in [1.165, 1.54) is 0 Å². The van der Waals surface area contributed by atoms with Crippen LogP contribution in [0.4, 0.5) is 14.5 Å². The Morgan fingerprint density at radius 3 is 2.69 bits per heavy atom. The van der Waals surface area contributed by atoms with Crippen LogP contribution in [0, 0.1) is 11.6 Å². The van der Waals surface area contributed by atoms with Gasteiger partial charge in [-0.05, 0) is 24.3 Å². The van der Waals surface area contributed by atoms with Crippen LogP contribution in [0.1, 0.15) is 5.69 Å². The Hall–Kier alpha value is -3.48. The number of fused-ring (bicyclic) bond motifs is 1. The molecule has 130 valence electrons. The number of hydrogen-bond donors (Lipinski definition) is 1. The number of nitrogens with zero attached hydrogens (tertiary/aromatic N) is 1. The van der Waals surface area contributed by atoms with Crippen molar-refractivity contribution >= 4 is 22.6 Å². The Kier molecular flexibility index (Phi) is 3.96. The van der Waals surface area contributed by atoms with E-state index >= 15 is 0 Å². The van der Waals surface area contributed by atoms with Gasteiger partial charge in [-0.3, -0.25) is 4.79 Å². The summed E-state index contributed by atoms with van der Waals surface area (Å²) < 4.78 is 37.4. The molecule has 1 amide bonds. The van der Waals surface area contributed by atoms with Gasteiger partial charge < -0.3 is 14.3 Å². The highest BCUT2D eigenvalue weighted by atomic mass is 19.1. The maximum absolute atomic E-state index is 13.6. The second-order valence-corrected chi connectivity index (χ2v) is 5.68. The molecule has 2 aromatic carbocycles. The number of hydrogen-bond acceptors (Lipinski definition) is 4. The molecular weight excluding hydrogens is 342 g/mol. The standard InChI is InChI=1S/C19H12F2N2O3/c20-12-5-6-15(14(21)8-12)22-19(24)10-13-9-18(26-23-13)17-7-11-3-1-2-4-16(11)25-17/h1-9H,10H2,(H,22,24). The number of benzene rings is 2. The second kappa shape index (κ2) is 6.44. The zero-order chi connectivity index (χ0) is 18.1. The summed E-state index contributed by atoms with van der Waals surface area (Å²) >= 11 is 0. The van der Waals surface area contributed by atoms with Crippen LogP contribution in [0.15, 0.2) is 63.5 Å². The van der Waals surface area contributed by atoms with E-state index in [1.807, 2.05) is 30.3 Å². The number of halogens is 2. The molecule has 0 bridgehead atoms. The first kappa shape index (κ1) is 16.0.